The van der Waals surface area contributed by atoms with Crippen molar-refractivity contribution >= 4 is 11.6 Å². The van der Waals surface area contributed by atoms with Gasteiger partial charge in [0, 0.05) is 24.2 Å². The van der Waals surface area contributed by atoms with Crippen LogP contribution in [0.2, 0.25) is 0 Å². The Morgan fingerprint density at radius 3 is 2.74 bits per heavy atom. The third-order valence-electron chi connectivity index (χ3n) is 5.44. The molecule has 7 heteroatoms. The summed E-state index contributed by atoms with van der Waals surface area (Å²) in [5, 5.41) is 4.14. The smallest absolute Gasteiger partial charge is 0.232 e. The molecule has 1 aliphatic rings. The van der Waals surface area contributed by atoms with Gasteiger partial charge in [0.2, 0.25) is 17.6 Å². The molecule has 7 nitrogen and oxygen atoms in total. The molecule has 0 saturated carbocycles. The third kappa shape index (κ3) is 4.26. The molecule has 3 aromatic rings. The van der Waals surface area contributed by atoms with Gasteiger partial charge in [0.1, 0.15) is 0 Å². The van der Waals surface area contributed by atoms with Crippen molar-refractivity contribution in [2.24, 2.45) is 0 Å². The standard InChI is InChI=1S/C24H27N3O4/c1-5-10-30-20-9-7-17(12-21(20)29-4)23-25-24(31-26-23)18-13-22(28)27(14-18)19-8-6-15(2)11-16(19)3/h6-9,11-12,18H,5,10,13-14H2,1-4H3. The lowest BCUT2D eigenvalue weighted by molar-refractivity contribution is -0.117. The highest BCUT2D eigenvalue weighted by molar-refractivity contribution is 5.97. The van der Waals surface area contributed by atoms with Crippen molar-refractivity contribution in [2.45, 2.75) is 39.5 Å². The van der Waals surface area contributed by atoms with Crippen LogP contribution >= 0.6 is 0 Å². The minimum Gasteiger partial charge on any atom is -0.493 e. The molecule has 162 valence electrons. The predicted octanol–water partition coefficient (Wildman–Crippen LogP) is 4.67. The van der Waals surface area contributed by atoms with Gasteiger partial charge < -0.3 is 18.9 Å². The van der Waals surface area contributed by atoms with Gasteiger partial charge >= 0.3 is 0 Å². The summed E-state index contributed by atoms with van der Waals surface area (Å²) in [7, 11) is 1.60. The summed E-state index contributed by atoms with van der Waals surface area (Å²) < 4.78 is 16.7. The van der Waals surface area contributed by atoms with Crippen molar-refractivity contribution in [1.29, 1.82) is 0 Å². The van der Waals surface area contributed by atoms with Gasteiger partial charge in [-0.2, -0.15) is 4.98 Å². The lowest BCUT2D eigenvalue weighted by Crippen LogP contribution is -2.25. The number of aromatic nitrogens is 2. The topological polar surface area (TPSA) is 77.7 Å². The second-order valence-corrected chi connectivity index (χ2v) is 7.87. The van der Waals surface area contributed by atoms with Crippen molar-refractivity contribution in [1.82, 2.24) is 10.1 Å². The molecule has 1 aliphatic heterocycles. The van der Waals surface area contributed by atoms with E-state index in [1.54, 1.807) is 7.11 Å². The molecular formula is C24H27N3O4. The molecule has 0 N–H and O–H groups in total. The Labute approximate surface area is 182 Å². The number of carbonyl (C=O) groups excluding carboxylic acids is 1. The van der Waals surface area contributed by atoms with Gasteiger partial charge in [-0.1, -0.05) is 29.8 Å². The molecule has 0 radical (unpaired) electrons. The van der Waals surface area contributed by atoms with E-state index >= 15 is 0 Å². The largest absolute Gasteiger partial charge is 0.493 e. The number of rotatable bonds is 7. The highest BCUT2D eigenvalue weighted by Crippen LogP contribution is 2.35. The number of anilines is 1. The van der Waals surface area contributed by atoms with E-state index in [4.69, 9.17) is 14.0 Å². The molecule has 0 aliphatic carbocycles. The zero-order valence-electron chi connectivity index (χ0n) is 18.3. The molecule has 0 bridgehead atoms. The second kappa shape index (κ2) is 8.79. The minimum absolute atomic E-state index is 0.0656. The third-order valence-corrected chi connectivity index (χ3v) is 5.44. The van der Waals surface area contributed by atoms with E-state index in [0.717, 1.165) is 23.2 Å². The number of amides is 1. The Balaban J connectivity index is 1.53. The zero-order valence-corrected chi connectivity index (χ0v) is 18.3. The second-order valence-electron chi connectivity index (χ2n) is 7.87. The van der Waals surface area contributed by atoms with Gasteiger partial charge in [-0.15, -0.1) is 0 Å². The lowest BCUT2D eigenvalue weighted by atomic mass is 10.1. The number of hydrogen-bond acceptors (Lipinski definition) is 6. The number of benzene rings is 2. The van der Waals surface area contributed by atoms with Crippen LogP contribution in [0.15, 0.2) is 40.9 Å². The van der Waals surface area contributed by atoms with Crippen molar-refractivity contribution in [2.75, 3.05) is 25.2 Å². The first kappa shape index (κ1) is 20.9. The molecule has 4 rings (SSSR count). The molecule has 2 heterocycles. The van der Waals surface area contributed by atoms with Crippen LogP contribution in [0.1, 0.15) is 42.7 Å². The molecule has 1 amide bonds. The van der Waals surface area contributed by atoms with E-state index in [9.17, 15) is 4.79 Å². The molecule has 1 unspecified atom stereocenters. The highest BCUT2D eigenvalue weighted by Gasteiger charge is 2.35. The van der Waals surface area contributed by atoms with Gasteiger partial charge in [-0.3, -0.25) is 4.79 Å². The summed E-state index contributed by atoms with van der Waals surface area (Å²) in [6.45, 7) is 7.26. The molecule has 1 saturated heterocycles. The van der Waals surface area contributed by atoms with Crippen LogP contribution in [0.25, 0.3) is 11.4 Å². The average Bonchev–Trinajstić information content (AvgIpc) is 3.39. The maximum Gasteiger partial charge on any atom is 0.232 e. The van der Waals surface area contributed by atoms with Crippen molar-refractivity contribution in [3.63, 3.8) is 0 Å². The van der Waals surface area contributed by atoms with Crippen molar-refractivity contribution < 1.29 is 18.8 Å². The van der Waals surface area contributed by atoms with Crippen LogP contribution in [-0.4, -0.2) is 36.3 Å². The fourth-order valence-corrected chi connectivity index (χ4v) is 3.87. The highest BCUT2D eigenvalue weighted by atomic mass is 16.5. The Hall–Kier alpha value is -3.35. The molecule has 0 spiro atoms. The lowest BCUT2D eigenvalue weighted by Gasteiger charge is -2.19. The summed E-state index contributed by atoms with van der Waals surface area (Å²) in [4.78, 5) is 19.1. The molecule has 1 aromatic heterocycles. The van der Waals surface area contributed by atoms with Crippen molar-refractivity contribution in [3.05, 3.63) is 53.4 Å². The maximum absolute atomic E-state index is 12.7. The van der Waals surface area contributed by atoms with Crippen molar-refractivity contribution in [3.8, 4) is 22.9 Å². The fraction of sp³-hybridized carbons (Fsp3) is 0.375. The number of aryl methyl sites for hydroxylation is 2. The van der Waals surface area contributed by atoms with Crippen LogP contribution in [-0.2, 0) is 4.79 Å². The zero-order chi connectivity index (χ0) is 22.0. The minimum atomic E-state index is -0.136. The summed E-state index contributed by atoms with van der Waals surface area (Å²) in [5.41, 5.74) is 3.96. The Morgan fingerprint density at radius 1 is 1.16 bits per heavy atom. The predicted molar refractivity (Wildman–Crippen MR) is 118 cm³/mol. The maximum atomic E-state index is 12.7. The van der Waals surface area contributed by atoms with Gasteiger partial charge in [0.25, 0.3) is 0 Å². The molecule has 2 aromatic carbocycles. The first-order valence-corrected chi connectivity index (χ1v) is 10.5. The van der Waals surface area contributed by atoms with Crippen LogP contribution in [0, 0.1) is 13.8 Å². The molecule has 1 atom stereocenters. The molecule has 1 fully saturated rings. The first-order chi connectivity index (χ1) is 15.0. The van der Waals surface area contributed by atoms with Gasteiger partial charge in [0.05, 0.1) is 19.6 Å². The number of carbonyl (C=O) groups is 1. The normalized spacial score (nSPS) is 16.1. The van der Waals surface area contributed by atoms with E-state index in [1.165, 1.54) is 5.56 Å². The van der Waals surface area contributed by atoms with E-state index in [2.05, 4.69) is 23.1 Å². The van der Waals surface area contributed by atoms with Crippen LogP contribution < -0.4 is 14.4 Å². The monoisotopic (exact) mass is 421 g/mol. The Bertz CT molecular complexity index is 1090. The number of ether oxygens (including phenoxy) is 2. The molecular weight excluding hydrogens is 394 g/mol. The van der Waals surface area contributed by atoms with E-state index < -0.39 is 0 Å². The average molecular weight is 421 g/mol. The summed E-state index contributed by atoms with van der Waals surface area (Å²) in [6, 6.07) is 11.7. The summed E-state index contributed by atoms with van der Waals surface area (Å²) in [6.07, 6.45) is 1.26. The fourth-order valence-electron chi connectivity index (χ4n) is 3.87. The SMILES string of the molecule is CCCOc1ccc(-c2noc(C3CC(=O)N(c4ccc(C)cc4C)C3)n2)cc1OC. The van der Waals surface area contributed by atoms with E-state index in [1.807, 2.05) is 49.1 Å². The van der Waals surface area contributed by atoms with Crippen LogP contribution in [0.3, 0.4) is 0 Å². The number of nitrogens with zero attached hydrogens (tertiary/aromatic N) is 3. The quantitative estimate of drug-likeness (QED) is 0.552. The number of hydrogen-bond donors (Lipinski definition) is 0. The van der Waals surface area contributed by atoms with Crippen LogP contribution in [0.4, 0.5) is 5.69 Å². The molecule has 31 heavy (non-hydrogen) atoms. The summed E-state index contributed by atoms with van der Waals surface area (Å²) in [5.74, 6) is 2.17. The van der Waals surface area contributed by atoms with Gasteiger partial charge in [-0.25, -0.2) is 0 Å². The summed E-state index contributed by atoms with van der Waals surface area (Å²) >= 11 is 0. The Kier molecular flexibility index (Phi) is 5.93. The van der Waals surface area contributed by atoms with Gasteiger partial charge in [0.15, 0.2) is 11.5 Å². The van der Waals surface area contributed by atoms with Crippen LogP contribution in [0.5, 0.6) is 11.5 Å². The van der Waals surface area contributed by atoms with E-state index in [-0.39, 0.29) is 11.8 Å². The first-order valence-electron chi connectivity index (χ1n) is 10.5. The van der Waals surface area contributed by atoms with Gasteiger partial charge in [-0.05, 0) is 50.1 Å². The number of methoxy groups -OCH3 is 1. The van der Waals surface area contributed by atoms with E-state index in [0.29, 0.717) is 42.8 Å². The Morgan fingerprint density at radius 2 is 2.00 bits per heavy atom.